The minimum absolute atomic E-state index is 0.0730. The van der Waals surface area contributed by atoms with Crippen LogP contribution in [0.4, 0.5) is 0 Å². The average molecular weight is 242 g/mol. The van der Waals surface area contributed by atoms with E-state index in [4.69, 9.17) is 11.6 Å². The zero-order chi connectivity index (χ0) is 11.0. The molecule has 0 spiro atoms. The van der Waals surface area contributed by atoms with Crippen molar-refractivity contribution in [2.45, 2.75) is 44.9 Å². The largest absolute Gasteiger partial charge is 0.215 e. The molecule has 0 heterocycles. The number of alkyl halides is 1. The van der Waals surface area contributed by atoms with Gasteiger partial charge in [-0.3, -0.25) is 0 Å². The molecule has 0 saturated carbocycles. The molecule has 0 amide bonds. The van der Waals surface area contributed by atoms with Gasteiger partial charge >= 0.3 is 0 Å². The van der Waals surface area contributed by atoms with Gasteiger partial charge in [-0.1, -0.05) is 20.3 Å². The number of sulfonamides is 1. The van der Waals surface area contributed by atoms with Gasteiger partial charge in [-0.15, -0.1) is 11.6 Å². The van der Waals surface area contributed by atoms with E-state index in [1.54, 1.807) is 0 Å². The van der Waals surface area contributed by atoms with E-state index in [0.29, 0.717) is 19.4 Å². The third-order valence-corrected chi connectivity index (χ3v) is 3.99. The predicted octanol–water partition coefficient (Wildman–Crippen LogP) is 2.11. The lowest BCUT2D eigenvalue weighted by Gasteiger charge is -2.08. The Labute approximate surface area is 92.3 Å². The van der Waals surface area contributed by atoms with Crippen molar-refractivity contribution in [1.29, 1.82) is 0 Å². The Bertz CT molecular complexity index is 229. The van der Waals surface area contributed by atoms with Gasteiger partial charge in [0.25, 0.3) is 0 Å². The summed E-state index contributed by atoms with van der Waals surface area (Å²) in [5.41, 5.74) is 0. The van der Waals surface area contributed by atoms with Crippen molar-refractivity contribution in [3.63, 3.8) is 0 Å². The van der Waals surface area contributed by atoms with Crippen LogP contribution in [0.15, 0.2) is 0 Å². The topological polar surface area (TPSA) is 46.2 Å². The van der Waals surface area contributed by atoms with Gasteiger partial charge < -0.3 is 0 Å². The minimum Gasteiger partial charge on any atom is -0.215 e. The van der Waals surface area contributed by atoms with Gasteiger partial charge in [-0.2, -0.15) is 0 Å². The van der Waals surface area contributed by atoms with Crippen LogP contribution in [0, 0.1) is 0 Å². The van der Waals surface area contributed by atoms with Crippen molar-refractivity contribution in [1.82, 2.24) is 4.72 Å². The summed E-state index contributed by atoms with van der Waals surface area (Å²) in [6.07, 6.45) is 3.18. The molecule has 0 aliphatic rings. The van der Waals surface area contributed by atoms with Crippen molar-refractivity contribution < 1.29 is 8.42 Å². The maximum Gasteiger partial charge on any atom is 0.211 e. The first-order chi connectivity index (χ1) is 6.52. The third-order valence-electron chi connectivity index (χ3n) is 1.99. The number of hydrogen-bond acceptors (Lipinski definition) is 2. The second-order valence-electron chi connectivity index (χ2n) is 3.36. The van der Waals surface area contributed by atoms with E-state index in [9.17, 15) is 8.42 Å². The molecule has 0 bridgehead atoms. The van der Waals surface area contributed by atoms with Crippen LogP contribution in [-0.4, -0.2) is 26.1 Å². The summed E-state index contributed by atoms with van der Waals surface area (Å²) >= 11 is 5.86. The Balaban J connectivity index is 3.66. The first kappa shape index (κ1) is 14.2. The first-order valence-corrected chi connectivity index (χ1v) is 7.22. The fraction of sp³-hybridized carbons (Fsp3) is 1.00. The highest BCUT2D eigenvalue weighted by Crippen LogP contribution is 2.05. The van der Waals surface area contributed by atoms with Gasteiger partial charge in [0.15, 0.2) is 0 Å². The van der Waals surface area contributed by atoms with E-state index in [1.165, 1.54) is 0 Å². The van der Waals surface area contributed by atoms with Crippen molar-refractivity contribution in [2.24, 2.45) is 0 Å². The number of unbranched alkanes of at least 4 members (excludes halogenated alkanes) is 1. The summed E-state index contributed by atoms with van der Waals surface area (Å²) < 4.78 is 25.2. The molecule has 1 N–H and O–H groups in total. The van der Waals surface area contributed by atoms with E-state index in [2.05, 4.69) is 4.72 Å². The fourth-order valence-corrected chi connectivity index (χ4v) is 2.33. The maximum atomic E-state index is 11.3. The van der Waals surface area contributed by atoms with Gasteiger partial charge in [0, 0.05) is 11.9 Å². The SMILES string of the molecule is CCCCS(=O)(=O)NCCC(Cl)CC. The highest BCUT2D eigenvalue weighted by atomic mass is 35.5. The van der Waals surface area contributed by atoms with Crippen molar-refractivity contribution in [3.8, 4) is 0 Å². The summed E-state index contributed by atoms with van der Waals surface area (Å²) in [7, 11) is -3.06. The molecule has 0 rings (SSSR count). The number of halogens is 1. The molecular formula is C9H20ClNO2S. The first-order valence-electron chi connectivity index (χ1n) is 5.13. The van der Waals surface area contributed by atoms with Crippen LogP contribution in [-0.2, 0) is 10.0 Å². The van der Waals surface area contributed by atoms with Gasteiger partial charge in [0.2, 0.25) is 10.0 Å². The van der Waals surface area contributed by atoms with E-state index < -0.39 is 10.0 Å². The zero-order valence-corrected chi connectivity index (χ0v) is 10.5. The average Bonchev–Trinajstić information content (AvgIpc) is 2.14. The molecule has 0 aliphatic heterocycles. The smallest absolute Gasteiger partial charge is 0.211 e. The molecule has 0 saturated heterocycles. The lowest BCUT2D eigenvalue weighted by molar-refractivity contribution is 0.573. The molecule has 0 aromatic rings. The van der Waals surface area contributed by atoms with Crippen molar-refractivity contribution in [2.75, 3.05) is 12.3 Å². The molecule has 1 atom stereocenters. The number of nitrogens with one attached hydrogen (secondary N) is 1. The lowest BCUT2D eigenvalue weighted by Crippen LogP contribution is -2.28. The van der Waals surface area contributed by atoms with Gasteiger partial charge in [0.1, 0.15) is 0 Å². The molecule has 0 aromatic carbocycles. The Morgan fingerprint density at radius 3 is 2.50 bits per heavy atom. The van der Waals surface area contributed by atoms with Gasteiger partial charge in [-0.25, -0.2) is 13.1 Å². The Hall–Kier alpha value is 0.200. The fourth-order valence-electron chi connectivity index (χ4n) is 0.982. The summed E-state index contributed by atoms with van der Waals surface area (Å²) in [5, 5.41) is 0.0730. The molecule has 86 valence electrons. The summed E-state index contributed by atoms with van der Waals surface area (Å²) in [5.74, 6) is 0.225. The summed E-state index contributed by atoms with van der Waals surface area (Å²) in [6.45, 7) is 4.42. The molecule has 1 unspecified atom stereocenters. The molecule has 5 heteroatoms. The monoisotopic (exact) mass is 241 g/mol. The van der Waals surface area contributed by atoms with Crippen molar-refractivity contribution in [3.05, 3.63) is 0 Å². The van der Waals surface area contributed by atoms with E-state index in [-0.39, 0.29) is 11.1 Å². The second kappa shape index (κ2) is 7.49. The number of hydrogen-bond donors (Lipinski definition) is 1. The van der Waals surface area contributed by atoms with Gasteiger partial charge in [-0.05, 0) is 19.3 Å². The van der Waals surface area contributed by atoms with Crippen LogP contribution in [0.2, 0.25) is 0 Å². The highest BCUT2D eigenvalue weighted by Gasteiger charge is 2.09. The minimum atomic E-state index is -3.06. The van der Waals surface area contributed by atoms with Crippen LogP contribution < -0.4 is 4.72 Å². The van der Waals surface area contributed by atoms with Crippen LogP contribution >= 0.6 is 11.6 Å². The summed E-state index contributed by atoms with van der Waals surface area (Å²) in [4.78, 5) is 0. The molecule has 0 radical (unpaired) electrons. The molecule has 0 aliphatic carbocycles. The second-order valence-corrected chi connectivity index (χ2v) is 5.90. The molecule has 0 fully saturated rings. The van der Waals surface area contributed by atoms with E-state index in [0.717, 1.165) is 12.8 Å². The van der Waals surface area contributed by atoms with Crippen LogP contribution in [0.5, 0.6) is 0 Å². The summed E-state index contributed by atoms with van der Waals surface area (Å²) in [6, 6.07) is 0. The highest BCUT2D eigenvalue weighted by molar-refractivity contribution is 7.89. The normalized spacial score (nSPS) is 14.2. The Morgan fingerprint density at radius 1 is 1.36 bits per heavy atom. The van der Waals surface area contributed by atoms with Crippen molar-refractivity contribution >= 4 is 21.6 Å². The Morgan fingerprint density at radius 2 is 2.00 bits per heavy atom. The number of rotatable bonds is 8. The molecule has 14 heavy (non-hydrogen) atoms. The standard InChI is InChI=1S/C9H20ClNO2S/c1-3-5-8-14(12,13)11-7-6-9(10)4-2/h9,11H,3-8H2,1-2H3. The third kappa shape index (κ3) is 7.59. The van der Waals surface area contributed by atoms with E-state index in [1.807, 2.05) is 13.8 Å². The Kier molecular flexibility index (Phi) is 7.59. The van der Waals surface area contributed by atoms with Crippen LogP contribution in [0.1, 0.15) is 39.5 Å². The zero-order valence-electron chi connectivity index (χ0n) is 8.92. The predicted molar refractivity (Wildman–Crippen MR) is 61.2 cm³/mol. The molecule has 0 aromatic heterocycles. The van der Waals surface area contributed by atoms with Gasteiger partial charge in [0.05, 0.1) is 5.75 Å². The lowest BCUT2D eigenvalue weighted by atomic mass is 10.2. The molecular weight excluding hydrogens is 222 g/mol. The maximum absolute atomic E-state index is 11.3. The van der Waals surface area contributed by atoms with Crippen LogP contribution in [0.3, 0.4) is 0 Å². The quantitative estimate of drug-likeness (QED) is 0.662. The van der Waals surface area contributed by atoms with E-state index >= 15 is 0 Å². The molecule has 3 nitrogen and oxygen atoms in total. The van der Waals surface area contributed by atoms with Crippen LogP contribution in [0.25, 0.3) is 0 Å².